The predicted molar refractivity (Wildman–Crippen MR) is 94.9 cm³/mol. The van der Waals surface area contributed by atoms with E-state index in [9.17, 15) is 14.4 Å². The Morgan fingerprint density at radius 2 is 1.68 bits per heavy atom. The summed E-state index contributed by atoms with van der Waals surface area (Å²) in [5.41, 5.74) is -0.211. The van der Waals surface area contributed by atoms with Crippen LogP contribution in [0, 0.1) is 0 Å². The third-order valence-electron chi connectivity index (χ3n) is 3.36. The lowest BCUT2D eigenvalue weighted by molar-refractivity contribution is 0.00682. The third kappa shape index (κ3) is 3.82. The summed E-state index contributed by atoms with van der Waals surface area (Å²) in [6.45, 7) is 6.65. The van der Waals surface area contributed by atoms with Crippen molar-refractivity contribution in [2.75, 3.05) is 14.2 Å². The zero-order valence-electron chi connectivity index (χ0n) is 15.0. The highest BCUT2D eigenvalue weighted by Crippen LogP contribution is 2.40. The SMILES string of the molecule is COC(=O)c1sc2cc(C(C)=O)cc(OC)c2c1C(=O)OC(C)(C)C. The van der Waals surface area contributed by atoms with Crippen LogP contribution in [0.4, 0.5) is 0 Å². The molecule has 6 nitrogen and oxygen atoms in total. The van der Waals surface area contributed by atoms with E-state index in [4.69, 9.17) is 14.2 Å². The molecule has 25 heavy (non-hydrogen) atoms. The van der Waals surface area contributed by atoms with E-state index >= 15 is 0 Å². The van der Waals surface area contributed by atoms with Gasteiger partial charge in [-0.3, -0.25) is 4.79 Å². The standard InChI is InChI=1S/C18H20O6S/c1-9(19)10-7-11(22-5)13-12(8-10)25-15(17(21)23-6)14(13)16(20)24-18(2,3)4/h7-8H,1-6H3. The number of fused-ring (bicyclic) bond motifs is 1. The number of hydrogen-bond acceptors (Lipinski definition) is 7. The molecule has 134 valence electrons. The molecule has 0 saturated carbocycles. The maximum atomic E-state index is 12.7. The van der Waals surface area contributed by atoms with Gasteiger partial charge in [-0.15, -0.1) is 11.3 Å². The molecule has 7 heteroatoms. The molecule has 0 aliphatic heterocycles. The molecule has 0 amide bonds. The van der Waals surface area contributed by atoms with Gasteiger partial charge in [-0.25, -0.2) is 9.59 Å². The average Bonchev–Trinajstić information content (AvgIpc) is 2.90. The van der Waals surface area contributed by atoms with E-state index in [1.807, 2.05) is 0 Å². The first-order chi connectivity index (χ1) is 11.6. The van der Waals surface area contributed by atoms with Gasteiger partial charge in [0.25, 0.3) is 0 Å². The Balaban J connectivity index is 2.81. The minimum absolute atomic E-state index is 0.0914. The maximum Gasteiger partial charge on any atom is 0.348 e. The Kier molecular flexibility index (Phi) is 5.17. The number of methoxy groups -OCH3 is 2. The second-order valence-electron chi connectivity index (χ2n) is 6.41. The molecule has 0 bridgehead atoms. The van der Waals surface area contributed by atoms with Gasteiger partial charge in [-0.1, -0.05) is 0 Å². The molecule has 0 radical (unpaired) electrons. The summed E-state index contributed by atoms with van der Waals surface area (Å²) in [4.78, 5) is 36.7. The van der Waals surface area contributed by atoms with Crippen LogP contribution in [-0.4, -0.2) is 37.5 Å². The molecule has 1 heterocycles. The van der Waals surface area contributed by atoms with Crippen LogP contribution in [0.25, 0.3) is 10.1 Å². The van der Waals surface area contributed by atoms with Crippen molar-refractivity contribution in [2.45, 2.75) is 33.3 Å². The van der Waals surface area contributed by atoms with Gasteiger partial charge < -0.3 is 14.2 Å². The number of ether oxygens (including phenoxy) is 3. The van der Waals surface area contributed by atoms with E-state index in [0.29, 0.717) is 21.4 Å². The predicted octanol–water partition coefficient (Wildman–Crippen LogP) is 3.85. The van der Waals surface area contributed by atoms with Crippen LogP contribution in [0.1, 0.15) is 58.1 Å². The Morgan fingerprint density at radius 3 is 2.16 bits per heavy atom. The normalized spacial score (nSPS) is 11.3. The number of thiophene rings is 1. The lowest BCUT2D eigenvalue weighted by atomic mass is 10.0. The molecule has 0 N–H and O–H groups in total. The van der Waals surface area contributed by atoms with Crippen molar-refractivity contribution in [3.8, 4) is 5.75 Å². The summed E-state index contributed by atoms with van der Waals surface area (Å²) in [7, 11) is 2.68. The van der Waals surface area contributed by atoms with Crippen molar-refractivity contribution in [3.63, 3.8) is 0 Å². The van der Waals surface area contributed by atoms with Gasteiger partial charge in [0.1, 0.15) is 16.2 Å². The quantitative estimate of drug-likeness (QED) is 0.605. The molecule has 2 rings (SSSR count). The minimum Gasteiger partial charge on any atom is -0.496 e. The molecule has 2 aromatic rings. The van der Waals surface area contributed by atoms with E-state index in [-0.39, 0.29) is 16.2 Å². The van der Waals surface area contributed by atoms with Crippen LogP contribution in [0.3, 0.4) is 0 Å². The Hall–Kier alpha value is -2.41. The summed E-state index contributed by atoms with van der Waals surface area (Å²) in [5.74, 6) is -1.11. The zero-order chi connectivity index (χ0) is 18.9. The number of Topliss-reactive ketones (excluding diaryl/α,β-unsaturated/α-hetero) is 1. The molecule has 1 aromatic carbocycles. The fourth-order valence-electron chi connectivity index (χ4n) is 2.32. The number of hydrogen-bond donors (Lipinski definition) is 0. The van der Waals surface area contributed by atoms with Crippen LogP contribution in [-0.2, 0) is 9.47 Å². The van der Waals surface area contributed by atoms with Gasteiger partial charge >= 0.3 is 11.9 Å². The van der Waals surface area contributed by atoms with E-state index in [1.165, 1.54) is 21.1 Å². The number of carbonyl (C=O) groups is 3. The Bertz CT molecular complexity index is 857. The van der Waals surface area contributed by atoms with Gasteiger partial charge in [0, 0.05) is 10.3 Å². The Labute approximate surface area is 149 Å². The van der Waals surface area contributed by atoms with Crippen molar-refractivity contribution in [1.29, 1.82) is 0 Å². The van der Waals surface area contributed by atoms with E-state index in [1.54, 1.807) is 32.9 Å². The van der Waals surface area contributed by atoms with Crippen molar-refractivity contribution >= 4 is 39.1 Å². The van der Waals surface area contributed by atoms with Gasteiger partial charge in [0.05, 0.1) is 25.2 Å². The summed E-state index contributed by atoms with van der Waals surface area (Å²) in [6, 6.07) is 3.18. The summed E-state index contributed by atoms with van der Waals surface area (Å²) < 4.78 is 16.2. The van der Waals surface area contributed by atoms with E-state index in [0.717, 1.165) is 11.3 Å². The van der Waals surface area contributed by atoms with Crippen LogP contribution in [0.5, 0.6) is 5.75 Å². The van der Waals surface area contributed by atoms with Crippen molar-refractivity contribution in [2.24, 2.45) is 0 Å². The summed E-state index contributed by atoms with van der Waals surface area (Å²) in [6.07, 6.45) is 0. The number of carbonyl (C=O) groups excluding carboxylic acids is 3. The van der Waals surface area contributed by atoms with Crippen LogP contribution < -0.4 is 4.74 Å². The second-order valence-corrected chi connectivity index (χ2v) is 7.46. The molecule has 0 aliphatic rings. The first-order valence-corrected chi connectivity index (χ1v) is 8.37. The smallest absolute Gasteiger partial charge is 0.348 e. The first-order valence-electron chi connectivity index (χ1n) is 7.56. The van der Waals surface area contributed by atoms with Crippen LogP contribution >= 0.6 is 11.3 Å². The fourth-order valence-corrected chi connectivity index (χ4v) is 3.48. The van der Waals surface area contributed by atoms with Gasteiger partial charge in [0.2, 0.25) is 0 Å². The third-order valence-corrected chi connectivity index (χ3v) is 4.47. The molecule has 0 atom stereocenters. The van der Waals surface area contributed by atoms with Crippen LogP contribution in [0.2, 0.25) is 0 Å². The summed E-state index contributed by atoms with van der Waals surface area (Å²) in [5, 5.41) is 0.437. The molecular weight excluding hydrogens is 344 g/mol. The number of rotatable bonds is 4. The molecule has 0 spiro atoms. The van der Waals surface area contributed by atoms with Crippen molar-refractivity contribution < 1.29 is 28.6 Å². The van der Waals surface area contributed by atoms with E-state index < -0.39 is 17.5 Å². The van der Waals surface area contributed by atoms with Gasteiger partial charge in [-0.2, -0.15) is 0 Å². The molecule has 1 aromatic heterocycles. The highest BCUT2D eigenvalue weighted by Gasteiger charge is 2.30. The molecule has 0 aliphatic carbocycles. The fraction of sp³-hybridized carbons (Fsp3) is 0.389. The monoisotopic (exact) mass is 364 g/mol. The second kappa shape index (κ2) is 6.84. The largest absolute Gasteiger partial charge is 0.496 e. The number of ketones is 1. The van der Waals surface area contributed by atoms with Crippen LogP contribution in [0.15, 0.2) is 12.1 Å². The van der Waals surface area contributed by atoms with E-state index in [2.05, 4.69) is 0 Å². The minimum atomic E-state index is -0.731. The summed E-state index contributed by atoms with van der Waals surface area (Å²) >= 11 is 1.06. The van der Waals surface area contributed by atoms with Gasteiger partial charge in [0.15, 0.2) is 5.78 Å². The number of esters is 2. The van der Waals surface area contributed by atoms with Crippen molar-refractivity contribution in [3.05, 3.63) is 28.1 Å². The number of benzene rings is 1. The van der Waals surface area contributed by atoms with Gasteiger partial charge in [-0.05, 0) is 39.8 Å². The highest BCUT2D eigenvalue weighted by atomic mass is 32.1. The molecular formula is C18H20O6S. The molecule has 0 fully saturated rings. The zero-order valence-corrected chi connectivity index (χ0v) is 15.8. The average molecular weight is 364 g/mol. The molecule has 0 unspecified atom stereocenters. The lowest BCUT2D eigenvalue weighted by Gasteiger charge is -2.20. The first kappa shape index (κ1) is 18.9. The topological polar surface area (TPSA) is 78.9 Å². The lowest BCUT2D eigenvalue weighted by Crippen LogP contribution is -2.24. The van der Waals surface area contributed by atoms with Crippen molar-refractivity contribution in [1.82, 2.24) is 0 Å². The maximum absolute atomic E-state index is 12.7. The Morgan fingerprint density at radius 1 is 1.04 bits per heavy atom. The highest BCUT2D eigenvalue weighted by molar-refractivity contribution is 7.21. The molecule has 0 saturated heterocycles.